The molecule has 1 aliphatic heterocycles. The van der Waals surface area contributed by atoms with Crippen molar-refractivity contribution in [2.75, 3.05) is 18.4 Å². The van der Waals surface area contributed by atoms with Crippen molar-refractivity contribution >= 4 is 50.5 Å². The molecule has 0 spiro atoms. The first-order valence-electron chi connectivity index (χ1n) is 9.35. The number of benzene rings is 1. The van der Waals surface area contributed by atoms with Crippen molar-refractivity contribution in [3.63, 3.8) is 0 Å². The molecule has 1 aliphatic rings. The number of carboxylic acids is 1. The van der Waals surface area contributed by atoms with Crippen LogP contribution in [0.15, 0.2) is 40.4 Å². The molecule has 10 nitrogen and oxygen atoms in total. The maximum Gasteiger partial charge on any atom is 0.307 e. The van der Waals surface area contributed by atoms with Gasteiger partial charge in [0.05, 0.1) is 40.8 Å². The molecule has 0 bridgehead atoms. The summed E-state index contributed by atoms with van der Waals surface area (Å²) >= 11 is 3.54. The van der Waals surface area contributed by atoms with E-state index in [2.05, 4.69) is 41.2 Å². The number of amides is 1. The van der Waals surface area contributed by atoms with E-state index in [1.165, 1.54) is 4.90 Å². The van der Waals surface area contributed by atoms with Crippen LogP contribution in [0.5, 0.6) is 0 Å². The summed E-state index contributed by atoms with van der Waals surface area (Å²) in [7, 11) is 1.80. The van der Waals surface area contributed by atoms with Gasteiger partial charge in [0.15, 0.2) is 0 Å². The van der Waals surface area contributed by atoms with Gasteiger partial charge in [-0.1, -0.05) is 0 Å². The van der Waals surface area contributed by atoms with Crippen LogP contribution in [0.1, 0.15) is 12.1 Å². The van der Waals surface area contributed by atoms with Gasteiger partial charge in [-0.05, 0) is 28.1 Å². The number of carboxylic acid groups (broad SMARTS) is 1. The molecule has 1 amide bonds. The minimum absolute atomic E-state index is 0.124. The first-order valence-corrected chi connectivity index (χ1v) is 10.1. The molecule has 4 rings (SSSR count). The molecule has 0 fully saturated rings. The molecule has 30 heavy (non-hydrogen) atoms. The Balaban J connectivity index is 1.47. The molecule has 0 saturated carbocycles. The predicted octanol–water partition coefficient (Wildman–Crippen LogP) is 2.00. The number of aromatic nitrogens is 4. The number of nitrogens with one attached hydrogen (secondary N) is 2. The third-order valence-corrected chi connectivity index (χ3v) is 5.86. The average Bonchev–Trinajstić information content (AvgIpc) is 3.45. The van der Waals surface area contributed by atoms with Crippen LogP contribution in [0.2, 0.25) is 0 Å². The Labute approximate surface area is 180 Å². The Morgan fingerprint density at radius 3 is 2.97 bits per heavy atom. The van der Waals surface area contributed by atoms with Gasteiger partial charge in [-0.15, -0.1) is 0 Å². The fourth-order valence-electron chi connectivity index (χ4n) is 3.39. The summed E-state index contributed by atoms with van der Waals surface area (Å²) in [6.07, 6.45) is 4.94. The van der Waals surface area contributed by atoms with Crippen LogP contribution in [0.3, 0.4) is 0 Å². The monoisotopic (exact) mass is 473 g/mol. The number of halogens is 1. The van der Waals surface area contributed by atoms with Gasteiger partial charge in [-0.2, -0.15) is 0 Å². The third kappa shape index (κ3) is 3.92. The lowest BCUT2D eigenvalue weighted by molar-refractivity contribution is -0.145. The number of hydrogen-bond donors (Lipinski definition) is 3. The quantitative estimate of drug-likeness (QED) is 0.502. The zero-order chi connectivity index (χ0) is 21.3. The zero-order valence-corrected chi connectivity index (χ0v) is 17.8. The molecule has 156 valence electrons. The number of fused-ring (bicyclic) bond motifs is 1. The van der Waals surface area contributed by atoms with Crippen LogP contribution in [0.25, 0.3) is 11.0 Å². The van der Waals surface area contributed by atoms with Crippen LogP contribution >= 0.6 is 15.9 Å². The van der Waals surface area contributed by atoms with Crippen molar-refractivity contribution in [2.45, 2.75) is 12.8 Å². The van der Waals surface area contributed by atoms with Gasteiger partial charge in [0.2, 0.25) is 11.9 Å². The number of carbonyl (C=O) groups excluding carboxylic acids is 1. The molecule has 0 radical (unpaired) electrons. The topological polar surface area (TPSA) is 128 Å². The fraction of sp³-hybridized carbons (Fsp3) is 0.316. The van der Waals surface area contributed by atoms with Gasteiger partial charge in [0.25, 0.3) is 0 Å². The van der Waals surface area contributed by atoms with Crippen molar-refractivity contribution in [2.24, 2.45) is 18.0 Å². The number of H-pyrrole nitrogens is 1. The van der Waals surface area contributed by atoms with Crippen molar-refractivity contribution in [3.8, 4) is 0 Å². The number of aliphatic carboxylic acids is 1. The van der Waals surface area contributed by atoms with Gasteiger partial charge in [0.1, 0.15) is 5.52 Å². The lowest BCUT2D eigenvalue weighted by atomic mass is 9.99. The highest BCUT2D eigenvalue weighted by atomic mass is 79.9. The minimum Gasteiger partial charge on any atom is -0.481 e. The average molecular weight is 474 g/mol. The molecular formula is C19H20BrN7O3. The molecule has 3 heterocycles. The van der Waals surface area contributed by atoms with Crippen LogP contribution in [-0.4, -0.2) is 60.5 Å². The molecule has 1 aromatic carbocycles. The van der Waals surface area contributed by atoms with E-state index >= 15 is 0 Å². The number of anilines is 1. The molecule has 3 aromatic rings. The van der Waals surface area contributed by atoms with E-state index in [1.54, 1.807) is 30.5 Å². The molecule has 0 saturated heterocycles. The number of carbonyl (C=O) groups is 2. The van der Waals surface area contributed by atoms with E-state index in [9.17, 15) is 14.7 Å². The Hall–Kier alpha value is -3.21. The number of imidazole rings is 2. The summed E-state index contributed by atoms with van der Waals surface area (Å²) in [5.41, 5.74) is 3.13. The van der Waals surface area contributed by atoms with Gasteiger partial charge in [-0.25, -0.2) is 9.97 Å². The molecule has 2 aromatic heterocycles. The Kier molecular flexibility index (Phi) is 5.53. The molecular weight excluding hydrogens is 454 g/mol. The van der Waals surface area contributed by atoms with Crippen LogP contribution in [0.4, 0.5) is 5.69 Å². The Morgan fingerprint density at radius 2 is 2.23 bits per heavy atom. The summed E-state index contributed by atoms with van der Waals surface area (Å²) in [4.78, 5) is 41.9. The highest BCUT2D eigenvalue weighted by Gasteiger charge is 2.30. The van der Waals surface area contributed by atoms with Gasteiger partial charge >= 0.3 is 5.97 Å². The van der Waals surface area contributed by atoms with E-state index in [0.717, 1.165) is 26.9 Å². The van der Waals surface area contributed by atoms with Gasteiger partial charge < -0.3 is 20.0 Å². The third-order valence-electron chi connectivity index (χ3n) is 5.06. The number of guanidine groups is 1. The van der Waals surface area contributed by atoms with Gasteiger partial charge in [-0.3, -0.25) is 19.5 Å². The first kappa shape index (κ1) is 20.1. The van der Waals surface area contributed by atoms with Crippen molar-refractivity contribution in [3.05, 3.63) is 41.2 Å². The summed E-state index contributed by atoms with van der Waals surface area (Å²) in [5.74, 6) is -1.74. The van der Waals surface area contributed by atoms with E-state index in [-0.39, 0.29) is 18.7 Å². The maximum absolute atomic E-state index is 12.9. The van der Waals surface area contributed by atoms with Crippen molar-refractivity contribution < 1.29 is 14.7 Å². The summed E-state index contributed by atoms with van der Waals surface area (Å²) in [6, 6.07) is 3.74. The lowest BCUT2D eigenvalue weighted by Crippen LogP contribution is -2.40. The lowest BCUT2D eigenvalue weighted by Gasteiger charge is -2.22. The molecule has 0 aliphatic carbocycles. The standard InChI is InChI=1S/C19H20BrN7O3/c1-26-10-21-8-12(26)6-11(18(29)30)7-15(28)27-5-4-22-19(27)25-13-2-3-14-17(16(13)20)24-9-23-14/h2-3,8-11H,4-7H2,1H3,(H,22,25)(H,23,24)(H,29,30). The largest absolute Gasteiger partial charge is 0.481 e. The summed E-state index contributed by atoms with van der Waals surface area (Å²) < 4.78 is 2.51. The van der Waals surface area contributed by atoms with Crippen LogP contribution < -0.4 is 5.32 Å². The maximum atomic E-state index is 12.9. The van der Waals surface area contributed by atoms with E-state index in [4.69, 9.17) is 0 Å². The number of rotatable bonds is 6. The molecule has 3 N–H and O–H groups in total. The minimum atomic E-state index is -1.01. The van der Waals surface area contributed by atoms with E-state index in [1.807, 2.05) is 12.1 Å². The number of aryl methyl sites for hydroxylation is 1. The first-order chi connectivity index (χ1) is 14.4. The predicted molar refractivity (Wildman–Crippen MR) is 114 cm³/mol. The number of aromatic amines is 1. The number of nitrogens with zero attached hydrogens (tertiary/aromatic N) is 5. The van der Waals surface area contributed by atoms with Crippen LogP contribution in [-0.2, 0) is 23.1 Å². The van der Waals surface area contributed by atoms with Crippen molar-refractivity contribution in [1.29, 1.82) is 0 Å². The second kappa shape index (κ2) is 8.27. The second-order valence-corrected chi connectivity index (χ2v) is 7.83. The number of aliphatic imine (C=N–C) groups is 1. The van der Waals surface area contributed by atoms with E-state index < -0.39 is 11.9 Å². The Morgan fingerprint density at radius 1 is 1.40 bits per heavy atom. The van der Waals surface area contributed by atoms with Crippen LogP contribution in [0, 0.1) is 5.92 Å². The Bertz CT molecular complexity index is 1140. The SMILES string of the molecule is Cn1cncc1CC(CC(=O)N1CCN=C1Nc1ccc2[nH]cnc2c1Br)C(=O)O. The molecule has 11 heteroatoms. The number of hydrogen-bond acceptors (Lipinski definition) is 6. The molecule has 1 unspecified atom stereocenters. The van der Waals surface area contributed by atoms with E-state index in [0.29, 0.717) is 19.0 Å². The summed E-state index contributed by atoms with van der Waals surface area (Å²) in [6.45, 7) is 0.858. The zero-order valence-electron chi connectivity index (χ0n) is 16.2. The summed E-state index contributed by atoms with van der Waals surface area (Å²) in [5, 5.41) is 12.8. The van der Waals surface area contributed by atoms with Crippen molar-refractivity contribution in [1.82, 2.24) is 24.4 Å². The second-order valence-electron chi connectivity index (χ2n) is 7.04. The molecule has 1 atom stereocenters. The van der Waals surface area contributed by atoms with Gasteiger partial charge in [0, 0.05) is 38.3 Å². The normalized spacial score (nSPS) is 14.7. The fourth-order valence-corrected chi connectivity index (χ4v) is 3.94. The smallest absolute Gasteiger partial charge is 0.307 e. The highest BCUT2D eigenvalue weighted by Crippen LogP contribution is 2.30. The highest BCUT2D eigenvalue weighted by molar-refractivity contribution is 9.10.